The van der Waals surface area contributed by atoms with Gasteiger partial charge in [-0.25, -0.2) is 4.68 Å². The average molecular weight is 244 g/mol. The summed E-state index contributed by atoms with van der Waals surface area (Å²) < 4.78 is 6.52. The fraction of sp³-hybridized carbons (Fsp3) is 0.154. The summed E-state index contributed by atoms with van der Waals surface area (Å²) in [5.74, 6) is -0.372. The van der Waals surface area contributed by atoms with Crippen molar-refractivity contribution in [2.24, 2.45) is 0 Å². The molecule has 0 aliphatic rings. The van der Waals surface area contributed by atoms with E-state index >= 15 is 0 Å². The smallest absolute Gasteiger partial charge is 0.303 e. The van der Waals surface area contributed by atoms with E-state index in [0.717, 1.165) is 5.69 Å². The standard InChI is InChI=1S/C13H12N2O3/c1-10(17)18-9-13-7-11(8-16)14-15(13)12-5-3-2-4-6-12/h2-8H,9H2,1H3. The molecule has 0 amide bonds. The summed E-state index contributed by atoms with van der Waals surface area (Å²) >= 11 is 0. The number of hydrogen-bond donors (Lipinski definition) is 0. The SMILES string of the molecule is CC(=O)OCc1cc(C=O)nn1-c1ccccc1. The number of benzene rings is 1. The van der Waals surface area contributed by atoms with E-state index in [9.17, 15) is 9.59 Å². The van der Waals surface area contributed by atoms with Crippen LogP contribution >= 0.6 is 0 Å². The van der Waals surface area contributed by atoms with Crippen molar-refractivity contribution in [1.29, 1.82) is 0 Å². The van der Waals surface area contributed by atoms with E-state index in [-0.39, 0.29) is 12.6 Å². The predicted octanol–water partition coefficient (Wildman–Crippen LogP) is 1.75. The fourth-order valence-electron chi connectivity index (χ4n) is 1.57. The summed E-state index contributed by atoms with van der Waals surface area (Å²) in [6.45, 7) is 1.43. The highest BCUT2D eigenvalue weighted by Crippen LogP contribution is 2.13. The van der Waals surface area contributed by atoms with Crippen LogP contribution in [0.2, 0.25) is 0 Å². The molecule has 92 valence electrons. The molecule has 5 heteroatoms. The number of aldehydes is 1. The third kappa shape index (κ3) is 2.63. The molecule has 2 rings (SSSR count). The minimum atomic E-state index is -0.372. The molecule has 0 saturated heterocycles. The van der Waals surface area contributed by atoms with Gasteiger partial charge in [-0.3, -0.25) is 9.59 Å². The number of carbonyl (C=O) groups excluding carboxylic acids is 2. The molecule has 0 N–H and O–H groups in total. The minimum absolute atomic E-state index is 0.0884. The van der Waals surface area contributed by atoms with Gasteiger partial charge in [0.25, 0.3) is 0 Å². The lowest BCUT2D eigenvalue weighted by molar-refractivity contribution is -0.142. The third-order valence-corrected chi connectivity index (χ3v) is 2.35. The Morgan fingerprint density at radius 3 is 2.72 bits per heavy atom. The molecule has 0 spiro atoms. The Morgan fingerprint density at radius 2 is 2.11 bits per heavy atom. The number of rotatable bonds is 4. The maximum atomic E-state index is 10.8. The molecule has 18 heavy (non-hydrogen) atoms. The number of esters is 1. The zero-order valence-corrected chi connectivity index (χ0v) is 9.87. The zero-order valence-electron chi connectivity index (χ0n) is 9.87. The highest BCUT2D eigenvalue weighted by atomic mass is 16.5. The van der Waals surface area contributed by atoms with E-state index in [0.29, 0.717) is 17.7 Å². The van der Waals surface area contributed by atoms with Gasteiger partial charge in [-0.1, -0.05) is 18.2 Å². The maximum absolute atomic E-state index is 10.8. The lowest BCUT2D eigenvalue weighted by Gasteiger charge is -2.06. The summed E-state index contributed by atoms with van der Waals surface area (Å²) in [5, 5.41) is 4.13. The normalized spacial score (nSPS) is 10.1. The van der Waals surface area contributed by atoms with Gasteiger partial charge >= 0.3 is 5.97 Å². The summed E-state index contributed by atoms with van der Waals surface area (Å²) in [4.78, 5) is 21.6. The monoisotopic (exact) mass is 244 g/mol. The number of para-hydroxylation sites is 1. The third-order valence-electron chi connectivity index (χ3n) is 2.35. The molecule has 0 unspecified atom stereocenters. The quantitative estimate of drug-likeness (QED) is 0.607. The average Bonchev–Trinajstić information content (AvgIpc) is 2.80. The van der Waals surface area contributed by atoms with Gasteiger partial charge in [0.05, 0.1) is 11.4 Å². The van der Waals surface area contributed by atoms with E-state index < -0.39 is 0 Å². The van der Waals surface area contributed by atoms with Crippen molar-refractivity contribution < 1.29 is 14.3 Å². The van der Waals surface area contributed by atoms with Crippen molar-refractivity contribution in [1.82, 2.24) is 9.78 Å². The highest BCUT2D eigenvalue weighted by Gasteiger charge is 2.10. The van der Waals surface area contributed by atoms with Crippen LogP contribution in [0.4, 0.5) is 0 Å². The summed E-state index contributed by atoms with van der Waals surface area (Å²) in [7, 11) is 0. The van der Waals surface area contributed by atoms with Crippen LogP contribution in [0.25, 0.3) is 5.69 Å². The van der Waals surface area contributed by atoms with E-state index in [1.165, 1.54) is 6.92 Å². The van der Waals surface area contributed by atoms with Crippen LogP contribution in [-0.2, 0) is 16.1 Å². The van der Waals surface area contributed by atoms with Crippen molar-refractivity contribution in [3.63, 3.8) is 0 Å². The van der Waals surface area contributed by atoms with Crippen LogP contribution in [0.1, 0.15) is 23.1 Å². The summed E-state index contributed by atoms with van der Waals surface area (Å²) in [6.07, 6.45) is 0.663. The Bertz CT molecular complexity index is 561. The predicted molar refractivity (Wildman–Crippen MR) is 64.4 cm³/mol. The van der Waals surface area contributed by atoms with Crippen molar-refractivity contribution in [2.45, 2.75) is 13.5 Å². The van der Waals surface area contributed by atoms with E-state index in [4.69, 9.17) is 4.74 Å². The molecular formula is C13H12N2O3. The maximum Gasteiger partial charge on any atom is 0.303 e. The molecule has 0 aliphatic heterocycles. The zero-order chi connectivity index (χ0) is 13.0. The number of nitrogens with zero attached hydrogens (tertiary/aromatic N) is 2. The number of carbonyl (C=O) groups is 2. The largest absolute Gasteiger partial charge is 0.459 e. The molecule has 0 fully saturated rings. The molecule has 0 radical (unpaired) electrons. The molecule has 0 saturated carbocycles. The van der Waals surface area contributed by atoms with Crippen molar-refractivity contribution in [2.75, 3.05) is 0 Å². The first-order valence-electron chi connectivity index (χ1n) is 5.43. The Labute approximate surface area is 104 Å². The fourth-order valence-corrected chi connectivity index (χ4v) is 1.57. The van der Waals surface area contributed by atoms with Gasteiger partial charge in [0.1, 0.15) is 12.3 Å². The molecule has 0 atom stereocenters. The second kappa shape index (κ2) is 5.27. The van der Waals surface area contributed by atoms with Gasteiger partial charge in [0.15, 0.2) is 6.29 Å². The van der Waals surface area contributed by atoms with Crippen LogP contribution in [-0.4, -0.2) is 22.0 Å². The molecule has 1 aromatic heterocycles. The first-order chi connectivity index (χ1) is 8.70. The van der Waals surface area contributed by atoms with Gasteiger partial charge < -0.3 is 4.74 Å². The molecule has 1 heterocycles. The molecule has 5 nitrogen and oxygen atoms in total. The minimum Gasteiger partial charge on any atom is -0.459 e. The molecular weight excluding hydrogens is 232 g/mol. The first kappa shape index (κ1) is 12.0. The molecule has 1 aromatic carbocycles. The van der Waals surface area contributed by atoms with Crippen LogP contribution in [0.3, 0.4) is 0 Å². The Hall–Kier alpha value is -2.43. The number of aromatic nitrogens is 2. The topological polar surface area (TPSA) is 61.2 Å². The van der Waals surface area contributed by atoms with Crippen molar-refractivity contribution >= 4 is 12.3 Å². The van der Waals surface area contributed by atoms with Crippen LogP contribution < -0.4 is 0 Å². The first-order valence-corrected chi connectivity index (χ1v) is 5.43. The Balaban J connectivity index is 2.36. The lowest BCUT2D eigenvalue weighted by atomic mass is 10.3. The summed E-state index contributed by atoms with van der Waals surface area (Å²) in [6, 6.07) is 10.9. The van der Waals surface area contributed by atoms with Gasteiger partial charge in [-0.05, 0) is 18.2 Å². The Kier molecular flexibility index (Phi) is 3.52. The van der Waals surface area contributed by atoms with Crippen LogP contribution in [0, 0.1) is 0 Å². The highest BCUT2D eigenvalue weighted by molar-refractivity contribution is 5.72. The number of hydrogen-bond acceptors (Lipinski definition) is 4. The number of ether oxygens (including phenoxy) is 1. The van der Waals surface area contributed by atoms with Gasteiger partial charge in [-0.2, -0.15) is 5.10 Å². The van der Waals surface area contributed by atoms with E-state index in [2.05, 4.69) is 5.10 Å². The second-order valence-electron chi connectivity index (χ2n) is 3.71. The molecule has 0 bridgehead atoms. The van der Waals surface area contributed by atoms with Gasteiger partial charge in [0.2, 0.25) is 0 Å². The van der Waals surface area contributed by atoms with E-state index in [1.807, 2.05) is 30.3 Å². The molecule has 2 aromatic rings. The van der Waals surface area contributed by atoms with Crippen molar-refractivity contribution in [3.05, 3.63) is 47.8 Å². The lowest BCUT2D eigenvalue weighted by Crippen LogP contribution is -2.06. The Morgan fingerprint density at radius 1 is 1.39 bits per heavy atom. The second-order valence-corrected chi connectivity index (χ2v) is 3.71. The molecule has 0 aliphatic carbocycles. The van der Waals surface area contributed by atoms with Crippen LogP contribution in [0.5, 0.6) is 0 Å². The van der Waals surface area contributed by atoms with E-state index in [1.54, 1.807) is 10.7 Å². The van der Waals surface area contributed by atoms with Crippen molar-refractivity contribution in [3.8, 4) is 5.69 Å². The van der Waals surface area contributed by atoms with Gasteiger partial charge in [0, 0.05) is 6.92 Å². The van der Waals surface area contributed by atoms with Crippen LogP contribution in [0.15, 0.2) is 36.4 Å². The van der Waals surface area contributed by atoms with Gasteiger partial charge in [-0.15, -0.1) is 0 Å². The summed E-state index contributed by atoms with van der Waals surface area (Å²) in [5.41, 5.74) is 1.77.